The number of benzene rings is 1. The summed E-state index contributed by atoms with van der Waals surface area (Å²) in [7, 11) is 0. The van der Waals surface area contributed by atoms with Crippen molar-refractivity contribution in [3.05, 3.63) is 35.9 Å². The average molecular weight is 287 g/mol. The fourth-order valence-electron chi connectivity index (χ4n) is 4.72. The van der Waals surface area contributed by atoms with Gasteiger partial charge in [-0.3, -0.25) is 0 Å². The molecule has 2 fully saturated rings. The Hall–Kier alpha value is -0.890. The van der Waals surface area contributed by atoms with Gasteiger partial charge in [0.05, 0.1) is 4.99 Å². The second kappa shape index (κ2) is 4.84. The molecular weight excluding hydrogens is 262 g/mol. The number of fused-ring (bicyclic) bond motifs is 2. The van der Waals surface area contributed by atoms with Crippen molar-refractivity contribution in [3.8, 4) is 0 Å². The Kier molecular flexibility index (Phi) is 3.40. The van der Waals surface area contributed by atoms with Gasteiger partial charge in [-0.2, -0.15) is 0 Å². The van der Waals surface area contributed by atoms with Crippen molar-refractivity contribution in [2.75, 3.05) is 0 Å². The summed E-state index contributed by atoms with van der Waals surface area (Å²) in [4.78, 5) is 0.719. The highest BCUT2D eigenvalue weighted by Crippen LogP contribution is 2.58. The van der Waals surface area contributed by atoms with Gasteiger partial charge in [0.2, 0.25) is 0 Å². The summed E-state index contributed by atoms with van der Waals surface area (Å²) in [5, 5.41) is 0. The lowest BCUT2D eigenvalue weighted by molar-refractivity contribution is 0.0460. The zero-order valence-electron chi connectivity index (χ0n) is 12.6. The molecule has 108 valence electrons. The van der Waals surface area contributed by atoms with E-state index in [2.05, 4.69) is 44.2 Å². The first kappa shape index (κ1) is 14.1. The van der Waals surface area contributed by atoms with Crippen LogP contribution >= 0.6 is 12.2 Å². The molecular formula is C18H25NS. The van der Waals surface area contributed by atoms with Gasteiger partial charge in [-0.25, -0.2) is 0 Å². The second-order valence-corrected chi connectivity index (χ2v) is 7.87. The van der Waals surface area contributed by atoms with Crippen LogP contribution in [-0.2, 0) is 5.41 Å². The van der Waals surface area contributed by atoms with Gasteiger partial charge >= 0.3 is 0 Å². The van der Waals surface area contributed by atoms with Crippen molar-refractivity contribution in [1.29, 1.82) is 0 Å². The van der Waals surface area contributed by atoms with E-state index in [1.54, 1.807) is 0 Å². The lowest BCUT2D eigenvalue weighted by Gasteiger charge is -2.55. The molecule has 0 spiro atoms. The molecule has 2 saturated carbocycles. The van der Waals surface area contributed by atoms with Gasteiger partial charge in [0.15, 0.2) is 0 Å². The van der Waals surface area contributed by atoms with E-state index in [0.29, 0.717) is 5.41 Å². The topological polar surface area (TPSA) is 26.0 Å². The normalized spacial score (nSPS) is 40.3. The molecule has 0 radical (unpaired) electrons. The van der Waals surface area contributed by atoms with Crippen LogP contribution in [0.25, 0.3) is 0 Å². The number of thiocarbonyl (C=S) groups is 1. The smallest absolute Gasteiger partial charge is 0.0787 e. The largest absolute Gasteiger partial charge is 0.393 e. The van der Waals surface area contributed by atoms with Gasteiger partial charge < -0.3 is 5.73 Å². The monoisotopic (exact) mass is 287 g/mol. The van der Waals surface area contributed by atoms with E-state index < -0.39 is 0 Å². The summed E-state index contributed by atoms with van der Waals surface area (Å²) in [5.74, 6) is 1.57. The standard InChI is InChI=1S/C18H25NS/c1-13-8-9-18(15-6-4-3-5-7-15)11-14(13)10-17(2,12-18)16(19)20/h3-7,13-14H,8-12H2,1-2H3,(H2,19,20). The Morgan fingerprint density at radius 1 is 1.25 bits per heavy atom. The van der Waals surface area contributed by atoms with Crippen molar-refractivity contribution in [2.24, 2.45) is 23.0 Å². The molecule has 2 bridgehead atoms. The first-order valence-electron chi connectivity index (χ1n) is 7.81. The third-order valence-electron chi connectivity index (χ3n) is 5.96. The Morgan fingerprint density at radius 2 is 1.95 bits per heavy atom. The van der Waals surface area contributed by atoms with Crippen molar-refractivity contribution < 1.29 is 0 Å². The van der Waals surface area contributed by atoms with Gasteiger partial charge in [-0.15, -0.1) is 0 Å². The Balaban J connectivity index is 2.03. The lowest BCUT2D eigenvalue weighted by atomic mass is 9.50. The molecule has 2 N–H and O–H groups in total. The molecule has 20 heavy (non-hydrogen) atoms. The maximum absolute atomic E-state index is 6.12. The van der Waals surface area contributed by atoms with Gasteiger partial charge in [-0.05, 0) is 54.9 Å². The molecule has 0 heterocycles. The Bertz CT molecular complexity index is 511. The number of hydrogen-bond donors (Lipinski definition) is 1. The zero-order chi connectivity index (χ0) is 14.4. The summed E-state index contributed by atoms with van der Waals surface area (Å²) in [6.45, 7) is 4.70. The summed E-state index contributed by atoms with van der Waals surface area (Å²) >= 11 is 5.42. The van der Waals surface area contributed by atoms with E-state index in [-0.39, 0.29) is 5.41 Å². The quantitative estimate of drug-likeness (QED) is 0.813. The highest BCUT2D eigenvalue weighted by atomic mass is 32.1. The summed E-state index contributed by atoms with van der Waals surface area (Å²) in [5.41, 5.74) is 7.95. The van der Waals surface area contributed by atoms with Gasteiger partial charge in [0, 0.05) is 5.41 Å². The van der Waals surface area contributed by atoms with Crippen LogP contribution in [0, 0.1) is 17.3 Å². The van der Waals surface area contributed by atoms with Gasteiger partial charge in [0.25, 0.3) is 0 Å². The van der Waals surface area contributed by atoms with Crippen LogP contribution in [0.3, 0.4) is 0 Å². The maximum Gasteiger partial charge on any atom is 0.0787 e. The molecule has 0 aliphatic heterocycles. The van der Waals surface area contributed by atoms with E-state index in [1.807, 2.05) is 0 Å². The minimum absolute atomic E-state index is 0.0305. The minimum Gasteiger partial charge on any atom is -0.393 e. The van der Waals surface area contributed by atoms with E-state index >= 15 is 0 Å². The zero-order valence-corrected chi connectivity index (χ0v) is 13.4. The number of nitrogens with two attached hydrogens (primary N) is 1. The fourth-order valence-corrected chi connectivity index (χ4v) is 4.88. The number of rotatable bonds is 2. The molecule has 0 saturated heterocycles. The SMILES string of the molecule is CC1CCC2(c3ccccc3)CC1CC(C)(C(N)=S)C2. The van der Waals surface area contributed by atoms with Crippen molar-refractivity contribution in [2.45, 2.75) is 51.4 Å². The van der Waals surface area contributed by atoms with E-state index in [4.69, 9.17) is 18.0 Å². The molecule has 0 amide bonds. The molecule has 1 nitrogen and oxygen atoms in total. The summed E-state index contributed by atoms with van der Waals surface area (Å²) in [6.07, 6.45) is 6.25. The fraction of sp³-hybridized carbons (Fsp3) is 0.611. The third kappa shape index (κ3) is 2.18. The minimum atomic E-state index is 0.0305. The molecule has 1 aromatic carbocycles. The Morgan fingerprint density at radius 3 is 2.60 bits per heavy atom. The van der Waals surface area contributed by atoms with E-state index in [9.17, 15) is 0 Å². The predicted octanol–water partition coefficient (Wildman–Crippen LogP) is 4.45. The molecule has 4 atom stereocenters. The first-order valence-corrected chi connectivity index (χ1v) is 8.21. The maximum atomic E-state index is 6.12. The summed E-state index contributed by atoms with van der Waals surface area (Å²) in [6, 6.07) is 11.1. The molecule has 3 rings (SSSR count). The predicted molar refractivity (Wildman–Crippen MR) is 88.8 cm³/mol. The number of hydrogen-bond acceptors (Lipinski definition) is 1. The van der Waals surface area contributed by atoms with Crippen LogP contribution in [0.15, 0.2) is 30.3 Å². The van der Waals surface area contributed by atoms with Crippen LogP contribution in [0.2, 0.25) is 0 Å². The molecule has 0 aromatic heterocycles. The molecule has 4 unspecified atom stereocenters. The molecule has 2 aliphatic carbocycles. The van der Waals surface area contributed by atoms with Crippen LogP contribution in [0.4, 0.5) is 0 Å². The molecule has 1 aromatic rings. The van der Waals surface area contributed by atoms with Gasteiger partial charge in [0.1, 0.15) is 0 Å². The summed E-state index contributed by atoms with van der Waals surface area (Å²) < 4.78 is 0. The van der Waals surface area contributed by atoms with E-state index in [0.717, 1.165) is 23.2 Å². The van der Waals surface area contributed by atoms with Crippen LogP contribution < -0.4 is 5.73 Å². The third-order valence-corrected chi connectivity index (χ3v) is 6.45. The van der Waals surface area contributed by atoms with Crippen molar-refractivity contribution in [1.82, 2.24) is 0 Å². The first-order chi connectivity index (χ1) is 9.45. The van der Waals surface area contributed by atoms with Crippen molar-refractivity contribution >= 4 is 17.2 Å². The Labute approximate surface area is 127 Å². The van der Waals surface area contributed by atoms with Crippen LogP contribution in [0.5, 0.6) is 0 Å². The average Bonchev–Trinajstić information content (AvgIpc) is 2.44. The highest BCUT2D eigenvalue weighted by molar-refractivity contribution is 7.80. The van der Waals surface area contributed by atoms with Crippen molar-refractivity contribution in [3.63, 3.8) is 0 Å². The molecule has 2 heteroatoms. The highest BCUT2D eigenvalue weighted by Gasteiger charge is 2.51. The van der Waals surface area contributed by atoms with Crippen LogP contribution in [0.1, 0.15) is 51.5 Å². The van der Waals surface area contributed by atoms with Crippen LogP contribution in [-0.4, -0.2) is 4.99 Å². The molecule has 2 aliphatic rings. The second-order valence-electron chi connectivity index (χ2n) is 7.43. The van der Waals surface area contributed by atoms with Gasteiger partial charge in [-0.1, -0.05) is 56.4 Å². The lowest BCUT2D eigenvalue weighted by Crippen LogP contribution is -2.51. The van der Waals surface area contributed by atoms with E-state index in [1.165, 1.54) is 31.2 Å².